The molecule has 1 N–H and O–H groups in total. The second-order valence-corrected chi connectivity index (χ2v) is 9.11. The number of hydrogen-bond acceptors (Lipinski definition) is 2. The van der Waals surface area contributed by atoms with Gasteiger partial charge in [-0.3, -0.25) is 4.79 Å². The fraction of sp³-hybridized carbons (Fsp3) is 0.850. The highest BCUT2D eigenvalue weighted by atomic mass is 16.3. The summed E-state index contributed by atoms with van der Waals surface area (Å²) < 4.78 is 0. The van der Waals surface area contributed by atoms with Gasteiger partial charge in [-0.1, -0.05) is 19.4 Å². The molecular formula is C20H30O2. The summed E-state index contributed by atoms with van der Waals surface area (Å²) in [6.07, 6.45) is 9.93. The van der Waals surface area contributed by atoms with E-state index < -0.39 is 0 Å². The molecule has 0 aromatic heterocycles. The lowest BCUT2D eigenvalue weighted by atomic mass is 9.48. The number of rotatable bonds is 1. The van der Waals surface area contributed by atoms with E-state index in [0.717, 1.165) is 24.7 Å². The molecule has 0 aromatic rings. The highest BCUT2D eigenvalue weighted by Crippen LogP contribution is 2.67. The Bertz CT molecular complexity index is 534. The Labute approximate surface area is 134 Å². The lowest BCUT2D eigenvalue weighted by Gasteiger charge is -2.56. The van der Waals surface area contributed by atoms with E-state index in [1.807, 2.05) is 13.0 Å². The Morgan fingerprint density at radius 2 is 1.95 bits per heavy atom. The van der Waals surface area contributed by atoms with E-state index in [-0.39, 0.29) is 11.5 Å². The molecule has 122 valence electrons. The number of carbonyl (C=O) groups is 1. The van der Waals surface area contributed by atoms with Gasteiger partial charge in [0.1, 0.15) is 0 Å². The van der Waals surface area contributed by atoms with Crippen molar-refractivity contribution < 1.29 is 9.90 Å². The van der Waals surface area contributed by atoms with Crippen LogP contribution in [-0.2, 0) is 4.79 Å². The average molecular weight is 302 g/mol. The van der Waals surface area contributed by atoms with Gasteiger partial charge in [-0.15, -0.1) is 0 Å². The van der Waals surface area contributed by atoms with Crippen molar-refractivity contribution in [3.8, 4) is 0 Å². The minimum Gasteiger partial charge on any atom is -0.393 e. The third-order valence-electron chi connectivity index (χ3n) is 8.27. The molecular weight excluding hydrogens is 272 g/mol. The van der Waals surface area contributed by atoms with E-state index in [0.29, 0.717) is 23.0 Å². The van der Waals surface area contributed by atoms with Crippen LogP contribution in [0.2, 0.25) is 0 Å². The van der Waals surface area contributed by atoms with Crippen LogP contribution >= 0.6 is 0 Å². The second-order valence-electron chi connectivity index (χ2n) is 9.11. The number of hydrogen-bond donors (Lipinski definition) is 1. The van der Waals surface area contributed by atoms with Crippen LogP contribution in [-0.4, -0.2) is 17.0 Å². The first-order valence-electron chi connectivity index (χ1n) is 9.28. The molecule has 0 heterocycles. The average Bonchev–Trinajstić information content (AvgIpc) is 2.93. The third-order valence-corrected chi connectivity index (χ3v) is 8.27. The predicted octanol–water partition coefficient (Wildman–Crippen LogP) is 4.13. The second kappa shape index (κ2) is 4.69. The van der Waals surface area contributed by atoms with Crippen molar-refractivity contribution in [2.24, 2.45) is 34.5 Å². The number of allylic oxidation sites excluding steroid dienone is 2. The van der Waals surface area contributed by atoms with Gasteiger partial charge in [0.05, 0.1) is 6.10 Å². The van der Waals surface area contributed by atoms with Crippen molar-refractivity contribution in [1.29, 1.82) is 0 Å². The monoisotopic (exact) mass is 302 g/mol. The van der Waals surface area contributed by atoms with Crippen LogP contribution in [0.4, 0.5) is 0 Å². The summed E-state index contributed by atoms with van der Waals surface area (Å²) >= 11 is 0. The number of carbonyl (C=O) groups excluding carboxylic acids is 1. The molecule has 3 fully saturated rings. The Morgan fingerprint density at radius 3 is 2.68 bits per heavy atom. The zero-order valence-electron chi connectivity index (χ0n) is 14.3. The van der Waals surface area contributed by atoms with Gasteiger partial charge in [-0.25, -0.2) is 0 Å². The van der Waals surface area contributed by atoms with Crippen molar-refractivity contribution in [3.05, 3.63) is 11.6 Å². The fourth-order valence-electron chi connectivity index (χ4n) is 7.25. The minimum absolute atomic E-state index is 0.157. The van der Waals surface area contributed by atoms with Crippen LogP contribution in [0.25, 0.3) is 0 Å². The number of ketones is 1. The van der Waals surface area contributed by atoms with E-state index in [2.05, 4.69) is 13.8 Å². The number of aliphatic hydroxyl groups is 1. The minimum atomic E-state index is -0.172. The number of aliphatic hydroxyl groups excluding tert-OH is 1. The summed E-state index contributed by atoms with van der Waals surface area (Å²) in [6.45, 7) is 6.80. The molecule has 4 aliphatic carbocycles. The highest BCUT2D eigenvalue weighted by molar-refractivity contribution is 5.94. The van der Waals surface area contributed by atoms with Gasteiger partial charge >= 0.3 is 0 Å². The molecule has 7 atom stereocenters. The fourth-order valence-corrected chi connectivity index (χ4v) is 7.25. The molecule has 22 heavy (non-hydrogen) atoms. The Morgan fingerprint density at radius 1 is 1.18 bits per heavy atom. The van der Waals surface area contributed by atoms with Crippen molar-refractivity contribution in [3.63, 3.8) is 0 Å². The Hall–Kier alpha value is -0.630. The summed E-state index contributed by atoms with van der Waals surface area (Å²) in [5.74, 6) is 3.08. The van der Waals surface area contributed by atoms with E-state index >= 15 is 0 Å². The molecule has 0 amide bonds. The van der Waals surface area contributed by atoms with Crippen LogP contribution in [0.5, 0.6) is 0 Å². The lowest BCUT2D eigenvalue weighted by Crippen LogP contribution is -2.50. The molecule has 3 saturated carbocycles. The van der Waals surface area contributed by atoms with E-state index in [1.165, 1.54) is 37.7 Å². The first kappa shape index (κ1) is 14.9. The van der Waals surface area contributed by atoms with Crippen LogP contribution in [0, 0.1) is 34.5 Å². The Balaban J connectivity index is 1.66. The SMILES string of the molecule is C[C@@H](O)C1CC[C@H]2[C@@H]3CCC4=CC(=O)C[C@]4(C)[C@H]3CC[C@]12C. The highest BCUT2D eigenvalue weighted by Gasteiger charge is 2.60. The maximum Gasteiger partial charge on any atom is 0.156 e. The summed E-state index contributed by atoms with van der Waals surface area (Å²) in [6, 6.07) is 0. The van der Waals surface area contributed by atoms with E-state index in [4.69, 9.17) is 0 Å². The predicted molar refractivity (Wildman–Crippen MR) is 87.3 cm³/mol. The van der Waals surface area contributed by atoms with Crippen LogP contribution in [0.3, 0.4) is 0 Å². The van der Waals surface area contributed by atoms with Crippen LogP contribution in [0.1, 0.15) is 65.7 Å². The van der Waals surface area contributed by atoms with Gasteiger partial charge in [0.25, 0.3) is 0 Å². The largest absolute Gasteiger partial charge is 0.393 e. The van der Waals surface area contributed by atoms with Crippen molar-refractivity contribution in [2.75, 3.05) is 0 Å². The van der Waals surface area contributed by atoms with Gasteiger partial charge in [0.2, 0.25) is 0 Å². The van der Waals surface area contributed by atoms with Crippen LogP contribution in [0.15, 0.2) is 11.6 Å². The zero-order valence-corrected chi connectivity index (χ0v) is 14.3. The smallest absolute Gasteiger partial charge is 0.156 e. The first-order valence-corrected chi connectivity index (χ1v) is 9.28. The summed E-state index contributed by atoms with van der Waals surface area (Å²) in [5, 5.41) is 10.2. The van der Waals surface area contributed by atoms with Gasteiger partial charge in [-0.05, 0) is 86.0 Å². The topological polar surface area (TPSA) is 37.3 Å². The van der Waals surface area contributed by atoms with Crippen LogP contribution < -0.4 is 0 Å². The molecule has 0 aliphatic heterocycles. The molecule has 0 radical (unpaired) electrons. The summed E-state index contributed by atoms with van der Waals surface area (Å²) in [5.41, 5.74) is 1.94. The molecule has 0 saturated heterocycles. The number of fused-ring (bicyclic) bond motifs is 5. The molecule has 0 bridgehead atoms. The first-order chi connectivity index (χ1) is 10.4. The molecule has 0 aromatic carbocycles. The molecule has 2 heteroatoms. The normalized spacial score (nSPS) is 51.8. The quantitative estimate of drug-likeness (QED) is 0.791. The Kier molecular flexibility index (Phi) is 3.18. The third kappa shape index (κ3) is 1.79. The van der Waals surface area contributed by atoms with Gasteiger partial charge in [0, 0.05) is 6.42 Å². The summed E-state index contributed by atoms with van der Waals surface area (Å²) in [4.78, 5) is 12.0. The molecule has 4 rings (SSSR count). The summed E-state index contributed by atoms with van der Waals surface area (Å²) in [7, 11) is 0. The van der Waals surface area contributed by atoms with Gasteiger partial charge in [0.15, 0.2) is 5.78 Å². The van der Waals surface area contributed by atoms with E-state index in [9.17, 15) is 9.90 Å². The zero-order chi connectivity index (χ0) is 15.7. The molecule has 1 unspecified atom stereocenters. The standard InChI is InChI=1S/C20H30O2/c1-12(21)16-6-7-17-15-5-4-13-10-14(22)11-20(13,3)18(15)8-9-19(16,17)2/h10,12,15-18,21H,4-9,11H2,1-3H3/t12-,15+,16?,17+,18+,19-,20+/m1/s1. The molecule has 0 spiro atoms. The van der Waals surface area contributed by atoms with Crippen molar-refractivity contribution >= 4 is 5.78 Å². The van der Waals surface area contributed by atoms with Crippen molar-refractivity contribution in [2.45, 2.75) is 71.8 Å². The van der Waals surface area contributed by atoms with Gasteiger partial charge < -0.3 is 5.11 Å². The van der Waals surface area contributed by atoms with Crippen molar-refractivity contribution in [1.82, 2.24) is 0 Å². The maximum atomic E-state index is 12.0. The maximum absolute atomic E-state index is 12.0. The van der Waals surface area contributed by atoms with E-state index in [1.54, 1.807) is 0 Å². The molecule has 4 aliphatic rings. The molecule has 2 nitrogen and oxygen atoms in total. The lowest BCUT2D eigenvalue weighted by molar-refractivity contribution is -0.117. The van der Waals surface area contributed by atoms with Gasteiger partial charge in [-0.2, -0.15) is 0 Å².